The molecule has 3 aromatic carbocycles. The van der Waals surface area contributed by atoms with E-state index in [4.69, 9.17) is 9.47 Å². The molecule has 9 nitrogen and oxygen atoms in total. The van der Waals surface area contributed by atoms with Crippen LogP contribution in [-0.2, 0) is 26.2 Å². The minimum Gasteiger partial charge on any atom is -0.493 e. The second-order valence-electron chi connectivity index (χ2n) is 9.79. The van der Waals surface area contributed by atoms with Gasteiger partial charge in [-0.05, 0) is 43.2 Å². The van der Waals surface area contributed by atoms with E-state index in [-0.39, 0.29) is 34.4 Å². The number of carbonyl (C=O) groups excluding carboxylic acids is 2. The molecule has 0 aromatic heterocycles. The van der Waals surface area contributed by atoms with Crippen LogP contribution in [0.2, 0.25) is 0 Å². The summed E-state index contributed by atoms with van der Waals surface area (Å²) in [5.41, 5.74) is 0.428. The molecular weight excluding hydrogens is 549 g/mol. The fourth-order valence-corrected chi connectivity index (χ4v) is 5.50. The van der Waals surface area contributed by atoms with Crippen molar-refractivity contribution in [1.29, 1.82) is 0 Å². The van der Waals surface area contributed by atoms with Crippen molar-refractivity contribution in [3.05, 3.63) is 84.2 Å². The summed E-state index contributed by atoms with van der Waals surface area (Å²) in [6, 6.07) is 17.2. The molecule has 41 heavy (non-hydrogen) atoms. The Morgan fingerprint density at radius 2 is 1.54 bits per heavy atom. The molecule has 3 rings (SSSR count). The van der Waals surface area contributed by atoms with Gasteiger partial charge >= 0.3 is 0 Å². The van der Waals surface area contributed by atoms with E-state index in [0.29, 0.717) is 12.3 Å². The zero-order valence-corrected chi connectivity index (χ0v) is 24.7. The first-order chi connectivity index (χ1) is 19.5. The van der Waals surface area contributed by atoms with Crippen molar-refractivity contribution in [2.45, 2.75) is 38.3 Å². The number of benzene rings is 3. The monoisotopic (exact) mass is 585 g/mol. The molecule has 11 heteroatoms. The molecule has 1 N–H and O–H groups in total. The van der Waals surface area contributed by atoms with Crippen molar-refractivity contribution < 1.29 is 31.9 Å². The van der Waals surface area contributed by atoms with Crippen LogP contribution in [0.5, 0.6) is 11.5 Å². The number of sulfonamides is 1. The molecular formula is C30H36FN3O6S. The van der Waals surface area contributed by atoms with Gasteiger partial charge in [-0.3, -0.25) is 13.9 Å². The zero-order valence-electron chi connectivity index (χ0n) is 23.8. The number of para-hydroxylation sites is 1. The van der Waals surface area contributed by atoms with Crippen LogP contribution in [0, 0.1) is 11.7 Å². The van der Waals surface area contributed by atoms with Crippen LogP contribution in [0.4, 0.5) is 10.1 Å². The first-order valence-electron chi connectivity index (χ1n) is 13.1. The lowest BCUT2D eigenvalue weighted by atomic mass is 10.1. The Morgan fingerprint density at radius 1 is 0.902 bits per heavy atom. The Bertz CT molecular complexity index is 1450. The number of carbonyl (C=O) groups is 2. The smallest absolute Gasteiger partial charge is 0.264 e. The summed E-state index contributed by atoms with van der Waals surface area (Å²) in [7, 11) is -1.49. The number of hydrogen-bond donors (Lipinski definition) is 1. The molecule has 0 fully saturated rings. The van der Waals surface area contributed by atoms with Crippen LogP contribution in [0.3, 0.4) is 0 Å². The van der Waals surface area contributed by atoms with Crippen LogP contribution in [0.15, 0.2) is 77.7 Å². The van der Waals surface area contributed by atoms with Gasteiger partial charge in [-0.15, -0.1) is 0 Å². The van der Waals surface area contributed by atoms with Gasteiger partial charge in [0, 0.05) is 24.7 Å². The summed E-state index contributed by atoms with van der Waals surface area (Å²) >= 11 is 0. The van der Waals surface area contributed by atoms with Gasteiger partial charge in [0.05, 0.1) is 24.8 Å². The van der Waals surface area contributed by atoms with E-state index in [0.717, 1.165) is 4.31 Å². The zero-order chi connectivity index (χ0) is 30.2. The van der Waals surface area contributed by atoms with Gasteiger partial charge in [0.15, 0.2) is 11.5 Å². The van der Waals surface area contributed by atoms with Gasteiger partial charge < -0.3 is 19.7 Å². The van der Waals surface area contributed by atoms with Gasteiger partial charge in [0.25, 0.3) is 10.0 Å². The molecule has 0 heterocycles. The number of nitrogens with zero attached hydrogens (tertiary/aromatic N) is 2. The second kappa shape index (κ2) is 14.0. The van der Waals surface area contributed by atoms with E-state index in [1.54, 1.807) is 36.4 Å². The van der Waals surface area contributed by atoms with Crippen molar-refractivity contribution in [3.63, 3.8) is 0 Å². The first-order valence-corrected chi connectivity index (χ1v) is 14.5. The number of amides is 2. The summed E-state index contributed by atoms with van der Waals surface area (Å²) in [6.07, 6.45) is 0. The molecule has 2 amide bonds. The summed E-state index contributed by atoms with van der Waals surface area (Å²) < 4.78 is 54.1. The first kappa shape index (κ1) is 31.4. The minimum absolute atomic E-state index is 0.129. The fraction of sp³-hybridized carbons (Fsp3) is 0.333. The highest BCUT2D eigenvalue weighted by Crippen LogP contribution is 2.32. The quantitative estimate of drug-likeness (QED) is 0.322. The summed E-state index contributed by atoms with van der Waals surface area (Å²) in [6.45, 7) is 4.91. The maximum atomic E-state index is 14.6. The number of rotatable bonds is 13. The van der Waals surface area contributed by atoms with Crippen LogP contribution in [0.1, 0.15) is 26.3 Å². The molecule has 0 saturated carbocycles. The predicted octanol–water partition coefficient (Wildman–Crippen LogP) is 4.23. The number of methoxy groups -OCH3 is 2. The normalized spacial score (nSPS) is 12.0. The molecule has 1 atom stereocenters. The van der Waals surface area contributed by atoms with Gasteiger partial charge in [0.2, 0.25) is 11.8 Å². The second-order valence-corrected chi connectivity index (χ2v) is 11.7. The van der Waals surface area contributed by atoms with Crippen molar-refractivity contribution in [2.24, 2.45) is 5.92 Å². The average Bonchev–Trinajstić information content (AvgIpc) is 2.97. The van der Waals surface area contributed by atoms with E-state index in [1.165, 1.54) is 62.4 Å². The number of hydrogen-bond acceptors (Lipinski definition) is 6. The summed E-state index contributed by atoms with van der Waals surface area (Å²) in [4.78, 5) is 28.0. The lowest BCUT2D eigenvalue weighted by molar-refractivity contribution is -0.139. The highest BCUT2D eigenvalue weighted by molar-refractivity contribution is 7.92. The van der Waals surface area contributed by atoms with Crippen molar-refractivity contribution in [2.75, 3.05) is 31.6 Å². The van der Waals surface area contributed by atoms with Gasteiger partial charge in [-0.1, -0.05) is 50.2 Å². The number of anilines is 1. The topological polar surface area (TPSA) is 105 Å². The Hall–Kier alpha value is -4.12. The number of nitrogens with one attached hydrogen (secondary N) is 1. The van der Waals surface area contributed by atoms with Crippen LogP contribution < -0.4 is 19.1 Å². The Morgan fingerprint density at radius 3 is 2.15 bits per heavy atom. The van der Waals surface area contributed by atoms with Crippen molar-refractivity contribution in [1.82, 2.24) is 10.2 Å². The van der Waals surface area contributed by atoms with Crippen LogP contribution >= 0.6 is 0 Å². The standard InChI is InChI=1S/C30H36FN3O6S/c1-21(2)18-32-30(36)22(3)33(19-23-11-9-10-14-26(23)31)29(35)20-34(24-12-7-6-8-13-24)41(37,38)25-15-16-27(39-4)28(17-25)40-5/h6-17,21-22H,18-20H2,1-5H3,(H,32,36)/t22-/m1/s1. The van der Waals surface area contributed by atoms with E-state index in [9.17, 15) is 22.4 Å². The SMILES string of the molecule is COc1ccc(S(=O)(=O)N(CC(=O)N(Cc2ccccc2F)[C@H](C)C(=O)NCC(C)C)c2ccccc2)cc1OC. The summed E-state index contributed by atoms with van der Waals surface area (Å²) in [5.74, 6) is -0.957. The van der Waals surface area contributed by atoms with Gasteiger partial charge in [-0.2, -0.15) is 0 Å². The number of halogens is 1. The molecule has 0 aliphatic carbocycles. The van der Waals surface area contributed by atoms with Crippen LogP contribution in [0.25, 0.3) is 0 Å². The third kappa shape index (κ3) is 7.75. The molecule has 0 spiro atoms. The van der Waals surface area contributed by atoms with E-state index < -0.39 is 40.2 Å². The molecule has 0 aliphatic heterocycles. The highest BCUT2D eigenvalue weighted by atomic mass is 32.2. The Labute approximate surface area is 240 Å². The van der Waals surface area contributed by atoms with E-state index in [1.807, 2.05) is 13.8 Å². The lowest BCUT2D eigenvalue weighted by Gasteiger charge is -2.32. The third-order valence-electron chi connectivity index (χ3n) is 6.42. The number of ether oxygens (including phenoxy) is 2. The van der Waals surface area contributed by atoms with E-state index >= 15 is 0 Å². The largest absolute Gasteiger partial charge is 0.493 e. The van der Waals surface area contributed by atoms with Gasteiger partial charge in [0.1, 0.15) is 18.4 Å². The minimum atomic E-state index is -4.31. The molecule has 3 aromatic rings. The Balaban J connectivity index is 2.04. The molecule has 0 unspecified atom stereocenters. The molecule has 0 aliphatic rings. The van der Waals surface area contributed by atoms with Crippen molar-refractivity contribution >= 4 is 27.5 Å². The maximum Gasteiger partial charge on any atom is 0.264 e. The average molecular weight is 586 g/mol. The summed E-state index contributed by atoms with van der Waals surface area (Å²) in [5, 5.41) is 2.80. The maximum absolute atomic E-state index is 14.6. The third-order valence-corrected chi connectivity index (χ3v) is 8.19. The predicted molar refractivity (Wildman–Crippen MR) is 155 cm³/mol. The molecule has 220 valence electrons. The van der Waals surface area contributed by atoms with E-state index in [2.05, 4.69) is 5.32 Å². The van der Waals surface area contributed by atoms with Crippen molar-refractivity contribution in [3.8, 4) is 11.5 Å². The molecule has 0 radical (unpaired) electrons. The molecule has 0 saturated heterocycles. The highest BCUT2D eigenvalue weighted by Gasteiger charge is 2.33. The Kier molecular flexibility index (Phi) is 10.7. The lowest BCUT2D eigenvalue weighted by Crippen LogP contribution is -2.51. The molecule has 0 bridgehead atoms. The fourth-order valence-electron chi connectivity index (χ4n) is 4.07. The van der Waals surface area contributed by atoms with Crippen LogP contribution in [-0.4, -0.2) is 58.5 Å². The van der Waals surface area contributed by atoms with Gasteiger partial charge in [-0.25, -0.2) is 12.8 Å².